The van der Waals surface area contributed by atoms with Gasteiger partial charge in [-0.1, -0.05) is 18.2 Å². The number of ether oxygens (including phenoxy) is 1. The Morgan fingerprint density at radius 3 is 3.06 bits per heavy atom. The van der Waals surface area contributed by atoms with Gasteiger partial charge in [0.15, 0.2) is 0 Å². The SMILES string of the molecule is COc1ccccc1CN1CCCC1C#N. The van der Waals surface area contributed by atoms with Gasteiger partial charge in [-0.05, 0) is 25.5 Å². The number of nitrogens with zero attached hydrogens (tertiary/aromatic N) is 2. The minimum atomic E-state index is 0.0740. The number of likely N-dealkylation sites (tertiary alicyclic amines) is 1. The molecule has 3 heteroatoms. The minimum absolute atomic E-state index is 0.0740. The molecule has 1 aromatic carbocycles. The van der Waals surface area contributed by atoms with Gasteiger partial charge in [0.25, 0.3) is 0 Å². The Labute approximate surface area is 96.2 Å². The van der Waals surface area contributed by atoms with Crippen LogP contribution in [0.15, 0.2) is 24.3 Å². The molecule has 84 valence electrons. The molecule has 2 rings (SSSR count). The Bertz CT molecular complexity index is 397. The second kappa shape index (κ2) is 5.00. The van der Waals surface area contributed by atoms with Crippen molar-refractivity contribution in [1.29, 1.82) is 5.26 Å². The molecule has 0 saturated carbocycles. The predicted molar refractivity (Wildman–Crippen MR) is 62.0 cm³/mol. The summed E-state index contributed by atoms with van der Waals surface area (Å²) < 4.78 is 5.31. The van der Waals surface area contributed by atoms with Crippen LogP contribution in [0.25, 0.3) is 0 Å². The van der Waals surface area contributed by atoms with Crippen LogP contribution in [0.5, 0.6) is 5.75 Å². The van der Waals surface area contributed by atoms with Crippen molar-refractivity contribution in [3.8, 4) is 11.8 Å². The van der Waals surface area contributed by atoms with E-state index in [1.165, 1.54) is 0 Å². The molecule has 1 aliphatic heterocycles. The third-order valence-corrected chi connectivity index (χ3v) is 3.08. The first kappa shape index (κ1) is 11.0. The summed E-state index contributed by atoms with van der Waals surface area (Å²) in [5, 5.41) is 9.02. The van der Waals surface area contributed by atoms with Crippen LogP contribution in [-0.4, -0.2) is 24.6 Å². The molecule has 0 aromatic heterocycles. The first-order valence-corrected chi connectivity index (χ1v) is 5.60. The van der Waals surface area contributed by atoms with Gasteiger partial charge in [0.2, 0.25) is 0 Å². The Kier molecular flexibility index (Phi) is 3.43. The number of methoxy groups -OCH3 is 1. The molecule has 1 aromatic rings. The van der Waals surface area contributed by atoms with Gasteiger partial charge in [-0.3, -0.25) is 4.90 Å². The summed E-state index contributed by atoms with van der Waals surface area (Å²) in [5.41, 5.74) is 1.16. The van der Waals surface area contributed by atoms with Crippen LogP contribution in [0, 0.1) is 11.3 Å². The molecule has 0 amide bonds. The van der Waals surface area contributed by atoms with E-state index in [-0.39, 0.29) is 6.04 Å². The van der Waals surface area contributed by atoms with Crippen LogP contribution < -0.4 is 4.74 Å². The fraction of sp³-hybridized carbons (Fsp3) is 0.462. The largest absolute Gasteiger partial charge is 0.496 e. The van der Waals surface area contributed by atoms with Crippen LogP contribution in [0.1, 0.15) is 18.4 Å². The molecule has 1 saturated heterocycles. The first-order valence-electron chi connectivity index (χ1n) is 5.60. The van der Waals surface area contributed by atoms with Gasteiger partial charge in [-0.2, -0.15) is 5.26 Å². The van der Waals surface area contributed by atoms with Crippen LogP contribution in [-0.2, 0) is 6.54 Å². The average molecular weight is 216 g/mol. The van der Waals surface area contributed by atoms with Gasteiger partial charge < -0.3 is 4.74 Å². The van der Waals surface area contributed by atoms with Crippen molar-refractivity contribution < 1.29 is 4.74 Å². The van der Waals surface area contributed by atoms with Crippen molar-refractivity contribution in [2.24, 2.45) is 0 Å². The highest BCUT2D eigenvalue weighted by Crippen LogP contribution is 2.24. The summed E-state index contributed by atoms with van der Waals surface area (Å²) >= 11 is 0. The van der Waals surface area contributed by atoms with Gasteiger partial charge in [0.05, 0.1) is 19.2 Å². The average Bonchev–Trinajstić information content (AvgIpc) is 2.77. The van der Waals surface area contributed by atoms with Crippen molar-refractivity contribution in [1.82, 2.24) is 4.90 Å². The van der Waals surface area contributed by atoms with Crippen LogP contribution in [0.2, 0.25) is 0 Å². The van der Waals surface area contributed by atoms with Gasteiger partial charge >= 0.3 is 0 Å². The van der Waals surface area contributed by atoms with Crippen molar-refractivity contribution in [2.75, 3.05) is 13.7 Å². The molecule has 1 unspecified atom stereocenters. The number of nitriles is 1. The highest BCUT2D eigenvalue weighted by atomic mass is 16.5. The summed E-state index contributed by atoms with van der Waals surface area (Å²) in [6.45, 7) is 1.82. The highest BCUT2D eigenvalue weighted by Gasteiger charge is 2.24. The van der Waals surface area contributed by atoms with E-state index in [0.717, 1.165) is 37.2 Å². The van der Waals surface area contributed by atoms with E-state index in [1.54, 1.807) is 7.11 Å². The monoisotopic (exact) mass is 216 g/mol. The number of hydrogen-bond donors (Lipinski definition) is 0. The zero-order chi connectivity index (χ0) is 11.4. The summed E-state index contributed by atoms with van der Waals surface area (Å²) in [6.07, 6.45) is 2.11. The Hall–Kier alpha value is -1.53. The number of hydrogen-bond acceptors (Lipinski definition) is 3. The molecular formula is C13H16N2O. The fourth-order valence-corrected chi connectivity index (χ4v) is 2.21. The maximum Gasteiger partial charge on any atom is 0.123 e. The molecule has 1 atom stereocenters. The lowest BCUT2D eigenvalue weighted by molar-refractivity contribution is 0.280. The van der Waals surface area contributed by atoms with Crippen molar-refractivity contribution in [3.05, 3.63) is 29.8 Å². The lowest BCUT2D eigenvalue weighted by Crippen LogP contribution is -2.27. The zero-order valence-electron chi connectivity index (χ0n) is 9.52. The molecule has 1 fully saturated rings. The molecule has 0 spiro atoms. The van der Waals surface area contributed by atoms with E-state index in [2.05, 4.69) is 17.0 Å². The highest BCUT2D eigenvalue weighted by molar-refractivity contribution is 5.33. The molecule has 1 heterocycles. The van der Waals surface area contributed by atoms with E-state index in [0.29, 0.717) is 0 Å². The fourth-order valence-electron chi connectivity index (χ4n) is 2.21. The third kappa shape index (κ3) is 2.17. The van der Waals surface area contributed by atoms with Gasteiger partial charge in [-0.25, -0.2) is 0 Å². The summed E-state index contributed by atoms with van der Waals surface area (Å²) in [6, 6.07) is 10.4. The van der Waals surface area contributed by atoms with Gasteiger partial charge in [-0.15, -0.1) is 0 Å². The first-order chi connectivity index (χ1) is 7.85. The van der Waals surface area contributed by atoms with E-state index < -0.39 is 0 Å². The van der Waals surface area contributed by atoms with E-state index in [4.69, 9.17) is 10.00 Å². The molecule has 0 bridgehead atoms. The lowest BCUT2D eigenvalue weighted by atomic mass is 10.1. The second-order valence-corrected chi connectivity index (χ2v) is 4.07. The Morgan fingerprint density at radius 1 is 1.50 bits per heavy atom. The van der Waals surface area contributed by atoms with Crippen molar-refractivity contribution in [3.63, 3.8) is 0 Å². The number of benzene rings is 1. The maximum absolute atomic E-state index is 9.02. The molecule has 1 aliphatic rings. The minimum Gasteiger partial charge on any atom is -0.496 e. The normalized spacial score (nSPS) is 20.6. The maximum atomic E-state index is 9.02. The lowest BCUT2D eigenvalue weighted by Gasteiger charge is -2.20. The van der Waals surface area contributed by atoms with Crippen LogP contribution in [0.3, 0.4) is 0 Å². The second-order valence-electron chi connectivity index (χ2n) is 4.07. The van der Waals surface area contributed by atoms with E-state index in [1.807, 2.05) is 18.2 Å². The quantitative estimate of drug-likeness (QED) is 0.777. The smallest absolute Gasteiger partial charge is 0.123 e. The number of para-hydroxylation sites is 1. The molecule has 16 heavy (non-hydrogen) atoms. The predicted octanol–water partition coefficient (Wildman–Crippen LogP) is 2.18. The summed E-state index contributed by atoms with van der Waals surface area (Å²) in [5.74, 6) is 0.908. The zero-order valence-corrected chi connectivity index (χ0v) is 9.52. The molecule has 0 aliphatic carbocycles. The Balaban J connectivity index is 2.11. The van der Waals surface area contributed by atoms with Crippen molar-refractivity contribution >= 4 is 0 Å². The topological polar surface area (TPSA) is 36.3 Å². The number of rotatable bonds is 3. The standard InChI is InChI=1S/C13H16N2O/c1-16-13-7-3-2-5-11(13)10-15-8-4-6-12(15)9-14/h2-3,5,7,12H,4,6,8,10H2,1H3. The van der Waals surface area contributed by atoms with Gasteiger partial charge in [0, 0.05) is 12.1 Å². The third-order valence-electron chi connectivity index (χ3n) is 3.08. The van der Waals surface area contributed by atoms with Gasteiger partial charge in [0.1, 0.15) is 5.75 Å². The summed E-state index contributed by atoms with van der Waals surface area (Å²) in [4.78, 5) is 2.22. The molecule has 3 nitrogen and oxygen atoms in total. The van der Waals surface area contributed by atoms with Crippen LogP contribution >= 0.6 is 0 Å². The van der Waals surface area contributed by atoms with Crippen LogP contribution in [0.4, 0.5) is 0 Å². The molecular weight excluding hydrogens is 200 g/mol. The van der Waals surface area contributed by atoms with Crippen molar-refractivity contribution in [2.45, 2.75) is 25.4 Å². The summed E-state index contributed by atoms with van der Waals surface area (Å²) in [7, 11) is 1.69. The molecule has 0 radical (unpaired) electrons. The molecule has 0 N–H and O–H groups in total. The van der Waals surface area contributed by atoms with E-state index >= 15 is 0 Å². The van der Waals surface area contributed by atoms with E-state index in [9.17, 15) is 0 Å². The Morgan fingerprint density at radius 2 is 2.31 bits per heavy atom.